The summed E-state index contributed by atoms with van der Waals surface area (Å²) in [6.07, 6.45) is 10.1. The van der Waals surface area contributed by atoms with Crippen LogP contribution in [-0.2, 0) is 13.6 Å². The second kappa shape index (κ2) is 8.31. The maximum atomic E-state index is 13.9. The molecule has 0 N–H and O–H groups in total. The fourth-order valence-electron chi connectivity index (χ4n) is 9.09. The molecule has 4 rings (SSSR count). The maximum absolute atomic E-state index is 13.9. The standard InChI is InChI=1S/C27H50O3Si2/c1-18(29-31(4,5)6)22-12-13-23-21-11-10-19-16-20(30-32(7,8)9)14-15-26(19,2)25(21)24(28)17-27(22,23)3/h18-23,25H,10-17H2,1-9H3/t18-,19-,20-,21+,22-,23+,25-,26+,27-/m1/s1. The summed E-state index contributed by atoms with van der Waals surface area (Å²) in [5.41, 5.74) is 0.331. The van der Waals surface area contributed by atoms with E-state index in [1.807, 2.05) is 0 Å². The highest BCUT2D eigenvalue weighted by molar-refractivity contribution is 6.70. The van der Waals surface area contributed by atoms with Gasteiger partial charge in [0, 0.05) is 24.5 Å². The van der Waals surface area contributed by atoms with Crippen LogP contribution in [0.2, 0.25) is 39.3 Å². The van der Waals surface area contributed by atoms with Gasteiger partial charge in [0.1, 0.15) is 5.78 Å². The Morgan fingerprint density at radius 1 is 0.906 bits per heavy atom. The van der Waals surface area contributed by atoms with Crippen molar-refractivity contribution in [3.63, 3.8) is 0 Å². The highest BCUT2D eigenvalue weighted by atomic mass is 28.4. The molecule has 4 aliphatic carbocycles. The van der Waals surface area contributed by atoms with E-state index < -0.39 is 16.6 Å². The number of hydrogen-bond donors (Lipinski definition) is 0. The third-order valence-electron chi connectivity index (χ3n) is 10.0. The van der Waals surface area contributed by atoms with Crippen molar-refractivity contribution in [2.75, 3.05) is 0 Å². The number of Topliss-reactive ketones (excluding diaryl/α,β-unsaturated/α-hetero) is 1. The van der Waals surface area contributed by atoms with Crippen LogP contribution in [-0.4, -0.2) is 34.6 Å². The molecule has 0 aromatic heterocycles. The first-order valence-electron chi connectivity index (χ1n) is 13.5. The van der Waals surface area contributed by atoms with Gasteiger partial charge in [0.05, 0.1) is 0 Å². The van der Waals surface area contributed by atoms with E-state index in [4.69, 9.17) is 8.85 Å². The van der Waals surface area contributed by atoms with Crippen LogP contribution in [0.15, 0.2) is 0 Å². The Morgan fingerprint density at radius 2 is 1.59 bits per heavy atom. The molecule has 0 bridgehead atoms. The topological polar surface area (TPSA) is 35.5 Å². The molecule has 184 valence electrons. The lowest BCUT2D eigenvalue weighted by molar-refractivity contribution is -0.162. The number of rotatable bonds is 5. The highest BCUT2D eigenvalue weighted by Gasteiger charge is 2.64. The van der Waals surface area contributed by atoms with E-state index in [1.165, 1.54) is 38.5 Å². The minimum Gasteiger partial charge on any atom is -0.415 e. The van der Waals surface area contributed by atoms with Gasteiger partial charge in [-0.1, -0.05) is 13.8 Å². The first kappa shape index (κ1) is 25.1. The van der Waals surface area contributed by atoms with Crippen molar-refractivity contribution in [3.8, 4) is 0 Å². The van der Waals surface area contributed by atoms with Crippen molar-refractivity contribution in [2.24, 2.45) is 40.4 Å². The molecule has 4 fully saturated rings. The van der Waals surface area contributed by atoms with Gasteiger partial charge in [-0.25, -0.2) is 0 Å². The van der Waals surface area contributed by atoms with E-state index in [2.05, 4.69) is 60.1 Å². The molecule has 0 heterocycles. The zero-order valence-corrected chi connectivity index (χ0v) is 24.4. The lowest BCUT2D eigenvalue weighted by Gasteiger charge is -2.60. The molecule has 0 radical (unpaired) electrons. The molecule has 4 saturated carbocycles. The molecular weight excluding hydrogens is 428 g/mol. The molecule has 3 nitrogen and oxygen atoms in total. The van der Waals surface area contributed by atoms with Crippen LogP contribution in [0.4, 0.5) is 0 Å². The van der Waals surface area contributed by atoms with Crippen molar-refractivity contribution in [2.45, 2.75) is 124 Å². The van der Waals surface area contributed by atoms with E-state index in [1.54, 1.807) is 0 Å². The summed E-state index contributed by atoms with van der Waals surface area (Å²) in [6.45, 7) is 21.1. The van der Waals surface area contributed by atoms with Crippen LogP contribution < -0.4 is 0 Å². The summed E-state index contributed by atoms with van der Waals surface area (Å²) < 4.78 is 13.1. The molecule has 5 heteroatoms. The van der Waals surface area contributed by atoms with Crippen molar-refractivity contribution in [1.82, 2.24) is 0 Å². The van der Waals surface area contributed by atoms with Gasteiger partial charge in [-0.2, -0.15) is 0 Å². The van der Waals surface area contributed by atoms with Crippen LogP contribution in [0.1, 0.15) is 72.1 Å². The summed E-state index contributed by atoms with van der Waals surface area (Å²) in [7, 11) is -3.09. The van der Waals surface area contributed by atoms with Crippen LogP contribution >= 0.6 is 0 Å². The van der Waals surface area contributed by atoms with Gasteiger partial charge in [-0.3, -0.25) is 4.79 Å². The predicted octanol–water partition coefficient (Wildman–Crippen LogP) is 7.28. The summed E-state index contributed by atoms with van der Waals surface area (Å²) >= 11 is 0. The largest absolute Gasteiger partial charge is 0.415 e. The van der Waals surface area contributed by atoms with Crippen molar-refractivity contribution in [3.05, 3.63) is 0 Å². The Kier molecular flexibility index (Phi) is 6.52. The van der Waals surface area contributed by atoms with Crippen LogP contribution in [0.25, 0.3) is 0 Å². The Morgan fingerprint density at radius 3 is 2.22 bits per heavy atom. The number of carbonyl (C=O) groups excluding carboxylic acids is 1. The monoisotopic (exact) mass is 478 g/mol. The molecule has 0 aromatic carbocycles. The molecule has 0 aromatic rings. The van der Waals surface area contributed by atoms with Crippen LogP contribution in [0, 0.1) is 40.4 Å². The van der Waals surface area contributed by atoms with Crippen LogP contribution in [0.5, 0.6) is 0 Å². The van der Waals surface area contributed by atoms with Gasteiger partial charge in [-0.15, -0.1) is 0 Å². The van der Waals surface area contributed by atoms with E-state index in [9.17, 15) is 4.79 Å². The molecule has 0 spiro atoms. The minimum absolute atomic E-state index is 0.138. The van der Waals surface area contributed by atoms with Crippen molar-refractivity contribution >= 4 is 22.4 Å². The van der Waals surface area contributed by atoms with Gasteiger partial charge in [-0.05, 0) is 126 Å². The van der Waals surface area contributed by atoms with Gasteiger partial charge in [0.2, 0.25) is 0 Å². The van der Waals surface area contributed by atoms with Crippen molar-refractivity contribution < 1.29 is 13.6 Å². The summed E-state index contributed by atoms with van der Waals surface area (Å²) in [5, 5.41) is 0. The first-order chi connectivity index (χ1) is 14.6. The highest BCUT2D eigenvalue weighted by Crippen LogP contribution is 2.67. The Balaban J connectivity index is 1.53. The summed E-state index contributed by atoms with van der Waals surface area (Å²) in [4.78, 5) is 13.9. The quantitative estimate of drug-likeness (QED) is 0.389. The van der Waals surface area contributed by atoms with E-state index in [-0.39, 0.29) is 16.9 Å². The Hall–Kier alpha value is 0.0238. The molecule has 0 unspecified atom stereocenters. The third kappa shape index (κ3) is 4.49. The second-order valence-electron chi connectivity index (χ2n) is 14.4. The van der Waals surface area contributed by atoms with Gasteiger partial charge in [0.25, 0.3) is 0 Å². The summed E-state index contributed by atoms with van der Waals surface area (Å²) in [6, 6.07) is 0. The first-order valence-corrected chi connectivity index (χ1v) is 20.3. The number of ketones is 1. The van der Waals surface area contributed by atoms with E-state index in [0.29, 0.717) is 41.5 Å². The molecule has 0 amide bonds. The lowest BCUT2D eigenvalue weighted by Crippen LogP contribution is -2.58. The summed E-state index contributed by atoms with van der Waals surface area (Å²) in [5.74, 6) is 3.39. The fraction of sp³-hybridized carbons (Fsp3) is 0.963. The minimum atomic E-state index is -1.58. The Bertz CT molecular complexity index is 725. The zero-order chi connectivity index (χ0) is 23.7. The number of hydrogen-bond acceptors (Lipinski definition) is 3. The maximum Gasteiger partial charge on any atom is 0.184 e. The number of fused-ring (bicyclic) bond motifs is 5. The predicted molar refractivity (Wildman–Crippen MR) is 138 cm³/mol. The number of carbonyl (C=O) groups is 1. The van der Waals surface area contributed by atoms with Gasteiger partial charge in [0.15, 0.2) is 16.6 Å². The smallest absolute Gasteiger partial charge is 0.184 e. The van der Waals surface area contributed by atoms with Gasteiger partial charge >= 0.3 is 0 Å². The zero-order valence-electron chi connectivity index (χ0n) is 22.4. The molecule has 4 aliphatic rings. The SMILES string of the molecule is C[C@@H](O[Si](C)(C)C)[C@H]1CC[C@H]2[C@@H]3CC[C@@H]4C[C@H](O[Si](C)(C)C)CC[C@]4(C)[C@H]3C(=O)C[C@]12C. The fourth-order valence-corrected chi connectivity index (χ4v) is 11.6. The molecule has 0 aliphatic heterocycles. The molecule has 0 saturated heterocycles. The molecule has 32 heavy (non-hydrogen) atoms. The van der Waals surface area contributed by atoms with E-state index >= 15 is 0 Å². The second-order valence-corrected chi connectivity index (χ2v) is 23.3. The van der Waals surface area contributed by atoms with Crippen molar-refractivity contribution in [1.29, 1.82) is 0 Å². The van der Waals surface area contributed by atoms with Gasteiger partial charge < -0.3 is 8.85 Å². The normalized spacial score (nSPS) is 45.7. The average Bonchev–Trinajstić information content (AvgIpc) is 2.95. The average molecular weight is 479 g/mol. The van der Waals surface area contributed by atoms with Crippen LogP contribution in [0.3, 0.4) is 0 Å². The Labute approximate surface area is 200 Å². The third-order valence-corrected chi connectivity index (χ3v) is 12.1. The lowest BCUT2D eigenvalue weighted by atomic mass is 9.44. The van der Waals surface area contributed by atoms with E-state index in [0.717, 1.165) is 12.8 Å². The molecule has 9 atom stereocenters. The molecular formula is C27H50O3Si2.